The summed E-state index contributed by atoms with van der Waals surface area (Å²) < 4.78 is 1.05. The molecule has 0 heterocycles. The van der Waals surface area contributed by atoms with Crippen molar-refractivity contribution < 1.29 is 4.79 Å². The number of benzene rings is 2. The summed E-state index contributed by atoms with van der Waals surface area (Å²) in [6.07, 6.45) is 0.783. The van der Waals surface area contributed by atoms with Crippen molar-refractivity contribution in [2.45, 2.75) is 26.2 Å². The van der Waals surface area contributed by atoms with Crippen molar-refractivity contribution >= 4 is 27.5 Å². The standard InChI is InChI=1S/C17H18BrNO/c1-3-15(13-7-5-4-6-8-13)17(20)19-14-9-10-16(18)12(2)11-14/h4-11,15H,3H2,1-2H3,(H,19,20)/t15-/m0/s1. The van der Waals surface area contributed by atoms with Gasteiger partial charge in [0.05, 0.1) is 5.92 Å². The van der Waals surface area contributed by atoms with E-state index in [-0.39, 0.29) is 11.8 Å². The Morgan fingerprint density at radius 3 is 2.50 bits per heavy atom. The molecule has 20 heavy (non-hydrogen) atoms. The summed E-state index contributed by atoms with van der Waals surface area (Å²) >= 11 is 3.46. The lowest BCUT2D eigenvalue weighted by Crippen LogP contribution is -2.20. The third-order valence-corrected chi connectivity index (χ3v) is 4.24. The maximum Gasteiger partial charge on any atom is 0.231 e. The number of aryl methyl sites for hydroxylation is 1. The zero-order chi connectivity index (χ0) is 14.5. The van der Waals surface area contributed by atoms with Gasteiger partial charge in [0.15, 0.2) is 0 Å². The number of rotatable bonds is 4. The molecule has 1 amide bonds. The van der Waals surface area contributed by atoms with E-state index in [1.54, 1.807) is 0 Å². The molecule has 0 aliphatic rings. The Kier molecular flexibility index (Phi) is 4.96. The molecule has 0 radical (unpaired) electrons. The van der Waals surface area contributed by atoms with Gasteiger partial charge < -0.3 is 5.32 Å². The van der Waals surface area contributed by atoms with Crippen LogP contribution in [0.25, 0.3) is 0 Å². The summed E-state index contributed by atoms with van der Waals surface area (Å²) in [5, 5.41) is 3.00. The van der Waals surface area contributed by atoms with Gasteiger partial charge in [-0.2, -0.15) is 0 Å². The molecular weight excluding hydrogens is 314 g/mol. The normalized spacial score (nSPS) is 11.9. The van der Waals surface area contributed by atoms with Crippen LogP contribution in [0.15, 0.2) is 53.0 Å². The fourth-order valence-corrected chi connectivity index (χ4v) is 2.46. The summed E-state index contributed by atoms with van der Waals surface area (Å²) in [6.45, 7) is 4.04. The van der Waals surface area contributed by atoms with Gasteiger partial charge >= 0.3 is 0 Å². The Hall–Kier alpha value is -1.61. The van der Waals surface area contributed by atoms with Crippen molar-refractivity contribution in [2.75, 3.05) is 5.32 Å². The Morgan fingerprint density at radius 2 is 1.90 bits per heavy atom. The minimum atomic E-state index is -0.111. The number of halogens is 1. The lowest BCUT2D eigenvalue weighted by molar-refractivity contribution is -0.117. The molecule has 1 atom stereocenters. The monoisotopic (exact) mass is 331 g/mol. The predicted octanol–water partition coefficient (Wildman–Crippen LogP) is 4.89. The van der Waals surface area contributed by atoms with Crippen LogP contribution in [0.4, 0.5) is 5.69 Å². The topological polar surface area (TPSA) is 29.1 Å². The number of hydrogen-bond acceptors (Lipinski definition) is 1. The van der Waals surface area contributed by atoms with E-state index in [0.29, 0.717) is 0 Å². The van der Waals surface area contributed by atoms with Crippen molar-refractivity contribution in [2.24, 2.45) is 0 Å². The van der Waals surface area contributed by atoms with Crippen LogP contribution in [-0.4, -0.2) is 5.91 Å². The highest BCUT2D eigenvalue weighted by Crippen LogP contribution is 2.24. The zero-order valence-corrected chi connectivity index (χ0v) is 13.3. The molecule has 2 aromatic carbocycles. The Labute approximate surface area is 128 Å². The third-order valence-electron chi connectivity index (χ3n) is 3.35. The number of amides is 1. The fourth-order valence-electron chi connectivity index (χ4n) is 2.21. The third kappa shape index (κ3) is 3.48. The van der Waals surface area contributed by atoms with E-state index >= 15 is 0 Å². The molecule has 0 fully saturated rings. The van der Waals surface area contributed by atoms with Crippen LogP contribution in [0, 0.1) is 6.92 Å². The van der Waals surface area contributed by atoms with E-state index in [1.165, 1.54) is 0 Å². The van der Waals surface area contributed by atoms with Gasteiger partial charge in [0.25, 0.3) is 0 Å². The largest absolute Gasteiger partial charge is 0.326 e. The average Bonchev–Trinajstić information content (AvgIpc) is 2.45. The molecule has 0 bridgehead atoms. The highest BCUT2D eigenvalue weighted by Gasteiger charge is 2.18. The maximum absolute atomic E-state index is 12.4. The summed E-state index contributed by atoms with van der Waals surface area (Å²) in [4.78, 5) is 12.4. The summed E-state index contributed by atoms with van der Waals surface area (Å²) in [5.41, 5.74) is 3.00. The van der Waals surface area contributed by atoms with E-state index in [4.69, 9.17) is 0 Å². The Morgan fingerprint density at radius 1 is 1.20 bits per heavy atom. The first-order valence-electron chi connectivity index (χ1n) is 6.73. The second-order valence-corrected chi connectivity index (χ2v) is 5.68. The van der Waals surface area contributed by atoms with Crippen LogP contribution < -0.4 is 5.32 Å². The van der Waals surface area contributed by atoms with E-state index in [9.17, 15) is 4.79 Å². The number of hydrogen-bond donors (Lipinski definition) is 1. The fraction of sp³-hybridized carbons (Fsp3) is 0.235. The predicted molar refractivity (Wildman–Crippen MR) is 87.0 cm³/mol. The van der Waals surface area contributed by atoms with Crippen molar-refractivity contribution in [1.82, 2.24) is 0 Å². The molecule has 2 nitrogen and oxygen atoms in total. The smallest absolute Gasteiger partial charge is 0.231 e. The van der Waals surface area contributed by atoms with Crippen molar-refractivity contribution in [3.8, 4) is 0 Å². The van der Waals surface area contributed by atoms with Crippen LogP contribution >= 0.6 is 15.9 Å². The SMILES string of the molecule is CC[C@H](C(=O)Nc1ccc(Br)c(C)c1)c1ccccc1. The highest BCUT2D eigenvalue weighted by atomic mass is 79.9. The molecule has 0 aromatic heterocycles. The van der Waals surface area contributed by atoms with Crippen LogP contribution in [-0.2, 0) is 4.79 Å². The summed E-state index contributed by atoms with van der Waals surface area (Å²) in [7, 11) is 0. The summed E-state index contributed by atoms with van der Waals surface area (Å²) in [6, 6.07) is 15.7. The van der Waals surface area contributed by atoms with Gasteiger partial charge in [-0.25, -0.2) is 0 Å². The van der Waals surface area contributed by atoms with E-state index in [2.05, 4.69) is 21.2 Å². The van der Waals surface area contributed by atoms with Gasteiger partial charge in [0, 0.05) is 10.2 Å². The molecule has 2 rings (SSSR count). The van der Waals surface area contributed by atoms with Crippen LogP contribution in [0.5, 0.6) is 0 Å². The quantitative estimate of drug-likeness (QED) is 0.849. The lowest BCUT2D eigenvalue weighted by Gasteiger charge is -2.16. The highest BCUT2D eigenvalue weighted by molar-refractivity contribution is 9.10. The summed E-state index contributed by atoms with van der Waals surface area (Å²) in [5.74, 6) is -0.0689. The molecule has 104 valence electrons. The van der Waals surface area contributed by atoms with Crippen LogP contribution in [0.3, 0.4) is 0 Å². The number of nitrogens with one attached hydrogen (secondary N) is 1. The van der Waals surface area contributed by atoms with Gasteiger partial charge in [-0.15, -0.1) is 0 Å². The second kappa shape index (κ2) is 6.71. The van der Waals surface area contributed by atoms with Gasteiger partial charge in [-0.3, -0.25) is 4.79 Å². The molecule has 0 saturated heterocycles. The van der Waals surface area contributed by atoms with Crippen molar-refractivity contribution in [3.05, 3.63) is 64.1 Å². The number of carbonyl (C=O) groups is 1. The van der Waals surface area contributed by atoms with Gasteiger partial charge in [0.2, 0.25) is 5.91 Å². The van der Waals surface area contributed by atoms with Crippen LogP contribution in [0.1, 0.15) is 30.4 Å². The first-order chi connectivity index (χ1) is 9.61. The number of carbonyl (C=O) groups excluding carboxylic acids is 1. The second-order valence-electron chi connectivity index (χ2n) is 4.82. The van der Waals surface area contributed by atoms with Gasteiger partial charge in [-0.1, -0.05) is 53.2 Å². The number of anilines is 1. The molecule has 1 N–H and O–H groups in total. The van der Waals surface area contributed by atoms with E-state index in [0.717, 1.165) is 27.7 Å². The molecule has 0 aliphatic carbocycles. The van der Waals surface area contributed by atoms with Crippen molar-refractivity contribution in [1.29, 1.82) is 0 Å². The first kappa shape index (κ1) is 14.8. The molecular formula is C17H18BrNO. The minimum Gasteiger partial charge on any atom is -0.326 e. The molecule has 0 unspecified atom stereocenters. The minimum absolute atomic E-state index is 0.0421. The molecule has 0 aliphatic heterocycles. The molecule has 0 saturated carbocycles. The Balaban J connectivity index is 2.15. The van der Waals surface area contributed by atoms with Crippen molar-refractivity contribution in [3.63, 3.8) is 0 Å². The van der Waals surface area contributed by atoms with Crippen LogP contribution in [0.2, 0.25) is 0 Å². The molecule has 2 aromatic rings. The van der Waals surface area contributed by atoms with Gasteiger partial charge in [0.1, 0.15) is 0 Å². The zero-order valence-electron chi connectivity index (χ0n) is 11.7. The average molecular weight is 332 g/mol. The molecule has 0 spiro atoms. The molecule has 3 heteroatoms. The lowest BCUT2D eigenvalue weighted by atomic mass is 9.95. The van der Waals surface area contributed by atoms with Gasteiger partial charge in [-0.05, 0) is 42.7 Å². The van der Waals surface area contributed by atoms with E-state index in [1.807, 2.05) is 62.4 Å². The first-order valence-corrected chi connectivity index (χ1v) is 7.53. The Bertz CT molecular complexity index is 595. The maximum atomic E-state index is 12.4. The van der Waals surface area contributed by atoms with E-state index < -0.39 is 0 Å².